The molecule has 3 rings (SSSR count). The summed E-state index contributed by atoms with van der Waals surface area (Å²) in [5.41, 5.74) is 2.38. The lowest BCUT2D eigenvalue weighted by Crippen LogP contribution is -1.94. The van der Waals surface area contributed by atoms with Gasteiger partial charge in [0.2, 0.25) is 0 Å². The van der Waals surface area contributed by atoms with E-state index in [9.17, 15) is 4.39 Å². The average molecular weight is 274 g/mol. The van der Waals surface area contributed by atoms with Gasteiger partial charge in [0.1, 0.15) is 16.0 Å². The van der Waals surface area contributed by atoms with Crippen LogP contribution in [0.2, 0.25) is 0 Å². The molecule has 0 radical (unpaired) electrons. The van der Waals surface area contributed by atoms with Gasteiger partial charge < -0.3 is 9.40 Å². The van der Waals surface area contributed by atoms with Crippen molar-refractivity contribution in [3.63, 3.8) is 0 Å². The molecule has 0 fully saturated rings. The maximum atomic E-state index is 13.2. The van der Waals surface area contributed by atoms with E-state index in [1.807, 2.05) is 6.92 Å². The lowest BCUT2D eigenvalue weighted by Gasteiger charge is -2.03. The first-order valence-corrected chi connectivity index (χ1v) is 6.36. The first kappa shape index (κ1) is 12.0. The van der Waals surface area contributed by atoms with E-state index in [4.69, 9.17) is 16.6 Å². The van der Waals surface area contributed by atoms with Gasteiger partial charge in [-0.3, -0.25) is 0 Å². The Hall–Kier alpha value is -2.01. The monoisotopic (exact) mass is 274 g/mol. The molecule has 5 heteroatoms. The molecule has 3 nitrogen and oxygen atoms in total. The normalized spacial score (nSPS) is 11.1. The van der Waals surface area contributed by atoms with Crippen molar-refractivity contribution in [3.05, 3.63) is 46.6 Å². The highest BCUT2D eigenvalue weighted by molar-refractivity contribution is 7.71. The van der Waals surface area contributed by atoms with E-state index in [0.29, 0.717) is 16.0 Å². The smallest absolute Gasteiger partial charge is 0.152 e. The lowest BCUT2D eigenvalue weighted by molar-refractivity contribution is 0.617. The Labute approximate surface area is 114 Å². The van der Waals surface area contributed by atoms with Crippen LogP contribution in [0.4, 0.5) is 4.39 Å². The Morgan fingerprint density at radius 1 is 1.37 bits per heavy atom. The van der Waals surface area contributed by atoms with Crippen LogP contribution in [0.5, 0.6) is 0 Å². The van der Waals surface area contributed by atoms with Crippen molar-refractivity contribution in [1.29, 1.82) is 0 Å². The third-order valence-corrected chi connectivity index (χ3v) is 3.38. The molecule has 2 heterocycles. The summed E-state index contributed by atoms with van der Waals surface area (Å²) in [5.74, 6) is 0.365. The zero-order valence-corrected chi connectivity index (χ0v) is 11.1. The molecule has 1 N–H and O–H groups in total. The molecular formula is C14H11FN2OS. The SMILES string of the molecule is CCc1c(-c2cc3cc(F)ccc3o2)[nH]cnc1=S. The largest absolute Gasteiger partial charge is 0.455 e. The van der Waals surface area contributed by atoms with E-state index < -0.39 is 0 Å². The number of benzene rings is 1. The maximum Gasteiger partial charge on any atom is 0.152 e. The topological polar surface area (TPSA) is 41.8 Å². The Morgan fingerprint density at radius 3 is 3.00 bits per heavy atom. The average Bonchev–Trinajstić information content (AvgIpc) is 2.81. The lowest BCUT2D eigenvalue weighted by atomic mass is 10.1. The van der Waals surface area contributed by atoms with Crippen LogP contribution in [0.1, 0.15) is 12.5 Å². The third kappa shape index (κ3) is 2.06. The molecule has 0 atom stereocenters. The molecule has 96 valence electrons. The van der Waals surface area contributed by atoms with E-state index >= 15 is 0 Å². The summed E-state index contributed by atoms with van der Waals surface area (Å²) in [6.45, 7) is 2.01. The molecule has 3 aromatic rings. The van der Waals surface area contributed by atoms with Crippen molar-refractivity contribution in [2.45, 2.75) is 13.3 Å². The minimum absolute atomic E-state index is 0.279. The number of nitrogens with zero attached hydrogens (tertiary/aromatic N) is 1. The molecule has 0 spiro atoms. The van der Waals surface area contributed by atoms with Crippen LogP contribution >= 0.6 is 12.2 Å². The number of aromatic amines is 1. The minimum atomic E-state index is -0.279. The van der Waals surface area contributed by atoms with Crippen LogP contribution in [-0.4, -0.2) is 9.97 Å². The molecule has 0 aliphatic rings. The number of rotatable bonds is 2. The highest BCUT2D eigenvalue weighted by atomic mass is 32.1. The van der Waals surface area contributed by atoms with Crippen LogP contribution in [0, 0.1) is 10.5 Å². The van der Waals surface area contributed by atoms with Gasteiger partial charge in [0.25, 0.3) is 0 Å². The molecular weight excluding hydrogens is 263 g/mol. The van der Waals surface area contributed by atoms with Gasteiger partial charge in [-0.05, 0) is 30.7 Å². The van der Waals surface area contributed by atoms with Crippen molar-refractivity contribution in [1.82, 2.24) is 9.97 Å². The first-order chi connectivity index (χ1) is 9.19. The molecule has 0 amide bonds. The molecule has 0 saturated heterocycles. The minimum Gasteiger partial charge on any atom is -0.455 e. The van der Waals surface area contributed by atoms with Gasteiger partial charge in [0.15, 0.2) is 5.76 Å². The molecule has 0 aliphatic carbocycles. The quantitative estimate of drug-likeness (QED) is 0.710. The first-order valence-electron chi connectivity index (χ1n) is 5.95. The number of halogens is 1. The molecule has 0 aliphatic heterocycles. The summed E-state index contributed by atoms with van der Waals surface area (Å²) in [4.78, 5) is 7.12. The second-order valence-corrected chi connectivity index (χ2v) is 4.59. The standard InChI is InChI=1S/C14H11FN2OS/c1-2-10-13(16-7-17-14(10)19)12-6-8-5-9(15)3-4-11(8)18-12/h3-7H,2H2,1H3,(H,16,17,19). The van der Waals surface area contributed by atoms with Crippen LogP contribution in [0.3, 0.4) is 0 Å². The van der Waals surface area contributed by atoms with E-state index in [-0.39, 0.29) is 5.82 Å². The van der Waals surface area contributed by atoms with Gasteiger partial charge >= 0.3 is 0 Å². The van der Waals surface area contributed by atoms with Crippen molar-refractivity contribution < 1.29 is 8.81 Å². The Balaban J connectivity index is 2.25. The number of H-pyrrole nitrogens is 1. The predicted molar refractivity (Wildman–Crippen MR) is 74.0 cm³/mol. The molecule has 2 aromatic heterocycles. The Kier molecular flexibility index (Phi) is 2.91. The molecule has 19 heavy (non-hydrogen) atoms. The van der Waals surface area contributed by atoms with E-state index in [1.165, 1.54) is 12.1 Å². The van der Waals surface area contributed by atoms with E-state index in [1.54, 1.807) is 18.5 Å². The third-order valence-electron chi connectivity index (χ3n) is 3.03. The highest BCUT2D eigenvalue weighted by Gasteiger charge is 2.12. The molecule has 0 bridgehead atoms. The molecule has 0 unspecified atom stereocenters. The van der Waals surface area contributed by atoms with Crippen LogP contribution < -0.4 is 0 Å². The van der Waals surface area contributed by atoms with Crippen molar-refractivity contribution >= 4 is 23.2 Å². The van der Waals surface area contributed by atoms with Crippen molar-refractivity contribution in [2.75, 3.05) is 0 Å². The predicted octanol–water partition coefficient (Wildman–Crippen LogP) is 4.25. The fourth-order valence-electron chi connectivity index (χ4n) is 2.11. The fourth-order valence-corrected chi connectivity index (χ4v) is 2.41. The second-order valence-electron chi connectivity index (χ2n) is 4.21. The number of hydrogen-bond donors (Lipinski definition) is 1. The van der Waals surface area contributed by atoms with Crippen LogP contribution in [-0.2, 0) is 6.42 Å². The zero-order chi connectivity index (χ0) is 13.4. The molecule has 0 saturated carbocycles. The van der Waals surface area contributed by atoms with Crippen molar-refractivity contribution in [2.24, 2.45) is 0 Å². The van der Waals surface area contributed by atoms with E-state index in [2.05, 4.69) is 9.97 Å². The summed E-state index contributed by atoms with van der Waals surface area (Å²) >= 11 is 5.21. The molecule has 1 aromatic carbocycles. The van der Waals surface area contributed by atoms with Gasteiger partial charge in [0.05, 0.1) is 12.0 Å². The van der Waals surface area contributed by atoms with Gasteiger partial charge in [-0.1, -0.05) is 19.1 Å². The van der Waals surface area contributed by atoms with Crippen LogP contribution in [0.15, 0.2) is 35.0 Å². The summed E-state index contributed by atoms with van der Waals surface area (Å²) < 4.78 is 19.5. The summed E-state index contributed by atoms with van der Waals surface area (Å²) in [7, 11) is 0. The van der Waals surface area contributed by atoms with Gasteiger partial charge in [-0.15, -0.1) is 0 Å². The summed E-state index contributed by atoms with van der Waals surface area (Å²) in [5, 5.41) is 0.730. The maximum absolute atomic E-state index is 13.2. The number of hydrogen-bond acceptors (Lipinski definition) is 3. The highest BCUT2D eigenvalue weighted by Crippen LogP contribution is 2.29. The fraction of sp³-hybridized carbons (Fsp3) is 0.143. The number of aromatic nitrogens is 2. The number of fused-ring (bicyclic) bond motifs is 1. The van der Waals surface area contributed by atoms with Gasteiger partial charge in [-0.2, -0.15) is 0 Å². The Bertz CT molecular complexity index is 807. The van der Waals surface area contributed by atoms with E-state index in [0.717, 1.165) is 23.1 Å². The van der Waals surface area contributed by atoms with Crippen molar-refractivity contribution in [3.8, 4) is 11.5 Å². The Morgan fingerprint density at radius 2 is 2.21 bits per heavy atom. The second kappa shape index (κ2) is 4.59. The zero-order valence-electron chi connectivity index (χ0n) is 10.2. The van der Waals surface area contributed by atoms with Gasteiger partial charge in [-0.25, -0.2) is 9.37 Å². The van der Waals surface area contributed by atoms with Gasteiger partial charge in [0, 0.05) is 10.9 Å². The summed E-state index contributed by atoms with van der Waals surface area (Å²) in [6.07, 6.45) is 2.30. The van der Waals surface area contributed by atoms with Crippen LogP contribution in [0.25, 0.3) is 22.4 Å². The number of furan rings is 1. The summed E-state index contributed by atoms with van der Waals surface area (Å²) in [6, 6.07) is 6.25. The number of nitrogens with one attached hydrogen (secondary N) is 1.